The molecule has 0 amide bonds. The van der Waals surface area contributed by atoms with Crippen LogP contribution in [0, 0.1) is 5.92 Å². The van der Waals surface area contributed by atoms with E-state index in [2.05, 4.69) is 27.8 Å². The van der Waals surface area contributed by atoms with Crippen molar-refractivity contribution in [3.8, 4) is 0 Å². The number of hydrogen-bond donors (Lipinski definition) is 2. The highest BCUT2D eigenvalue weighted by atomic mass is 32.2. The molecule has 0 saturated carbocycles. The van der Waals surface area contributed by atoms with E-state index in [-0.39, 0.29) is 0 Å². The average molecular weight is 256 g/mol. The Hall–Kier alpha value is -0.750. The third-order valence-electron chi connectivity index (χ3n) is 2.88. The SMILES string of the molecule is CCNCc1nnc(NCC2CCSCC2)o1. The summed E-state index contributed by atoms with van der Waals surface area (Å²) in [5.74, 6) is 3.96. The molecule has 2 rings (SSSR count). The molecule has 1 fully saturated rings. The minimum atomic E-state index is 0.552. The molecule has 1 aliphatic heterocycles. The van der Waals surface area contributed by atoms with Crippen LogP contribution in [-0.4, -0.2) is 34.8 Å². The molecular formula is C11H20N4OS. The predicted octanol–water partition coefficient (Wildman–Crippen LogP) is 1.73. The number of nitrogens with one attached hydrogen (secondary N) is 2. The second kappa shape index (κ2) is 6.86. The number of aromatic nitrogens is 2. The summed E-state index contributed by atoms with van der Waals surface area (Å²) in [5.41, 5.74) is 0. The van der Waals surface area contributed by atoms with Gasteiger partial charge in [-0.25, -0.2) is 0 Å². The maximum atomic E-state index is 5.48. The second-order valence-corrected chi connectivity index (χ2v) is 5.44. The van der Waals surface area contributed by atoms with E-state index in [4.69, 9.17) is 4.42 Å². The molecule has 1 aliphatic rings. The molecule has 0 aromatic carbocycles. The van der Waals surface area contributed by atoms with Crippen molar-refractivity contribution in [1.82, 2.24) is 15.5 Å². The number of thioether (sulfide) groups is 1. The molecule has 1 aromatic heterocycles. The maximum Gasteiger partial charge on any atom is 0.315 e. The van der Waals surface area contributed by atoms with Crippen LogP contribution in [0.3, 0.4) is 0 Å². The smallest absolute Gasteiger partial charge is 0.315 e. The first kappa shape index (κ1) is 12.7. The first-order valence-corrected chi connectivity index (χ1v) is 7.38. The van der Waals surface area contributed by atoms with Crippen LogP contribution in [0.15, 0.2) is 4.42 Å². The van der Waals surface area contributed by atoms with E-state index in [0.29, 0.717) is 18.5 Å². The Bertz CT molecular complexity index is 325. The van der Waals surface area contributed by atoms with Crippen LogP contribution in [0.5, 0.6) is 0 Å². The van der Waals surface area contributed by atoms with Crippen molar-refractivity contribution in [2.75, 3.05) is 29.9 Å². The summed E-state index contributed by atoms with van der Waals surface area (Å²) in [6, 6.07) is 0.552. The lowest BCUT2D eigenvalue weighted by atomic mass is 10.0. The van der Waals surface area contributed by atoms with E-state index in [9.17, 15) is 0 Å². The molecule has 0 atom stereocenters. The minimum Gasteiger partial charge on any atom is -0.407 e. The monoisotopic (exact) mass is 256 g/mol. The van der Waals surface area contributed by atoms with Gasteiger partial charge in [-0.2, -0.15) is 11.8 Å². The highest BCUT2D eigenvalue weighted by Crippen LogP contribution is 2.22. The highest BCUT2D eigenvalue weighted by Gasteiger charge is 2.14. The quantitative estimate of drug-likeness (QED) is 0.808. The molecule has 96 valence electrons. The Kier molecular flexibility index (Phi) is 5.12. The Labute approximate surface area is 106 Å². The Morgan fingerprint density at radius 2 is 2.18 bits per heavy atom. The standard InChI is InChI=1S/C11H20N4OS/c1-2-12-8-10-14-15-11(16-10)13-7-9-3-5-17-6-4-9/h9,12H,2-8H2,1H3,(H,13,15). The van der Waals surface area contributed by atoms with E-state index < -0.39 is 0 Å². The van der Waals surface area contributed by atoms with Gasteiger partial charge in [0.25, 0.3) is 0 Å². The molecule has 17 heavy (non-hydrogen) atoms. The summed E-state index contributed by atoms with van der Waals surface area (Å²) < 4.78 is 5.48. The molecule has 1 saturated heterocycles. The van der Waals surface area contributed by atoms with Gasteiger partial charge in [0.1, 0.15) is 0 Å². The summed E-state index contributed by atoms with van der Waals surface area (Å²) in [5, 5.41) is 14.3. The fraction of sp³-hybridized carbons (Fsp3) is 0.818. The average Bonchev–Trinajstić information content (AvgIpc) is 2.83. The Morgan fingerprint density at radius 3 is 2.94 bits per heavy atom. The summed E-state index contributed by atoms with van der Waals surface area (Å²) in [7, 11) is 0. The minimum absolute atomic E-state index is 0.552. The second-order valence-electron chi connectivity index (χ2n) is 4.22. The third kappa shape index (κ3) is 4.20. The zero-order valence-corrected chi connectivity index (χ0v) is 11.1. The van der Waals surface area contributed by atoms with E-state index in [1.807, 2.05) is 11.8 Å². The molecule has 2 heterocycles. The lowest BCUT2D eigenvalue weighted by Crippen LogP contribution is -2.19. The van der Waals surface area contributed by atoms with Crippen molar-refractivity contribution < 1.29 is 4.42 Å². The van der Waals surface area contributed by atoms with Crippen LogP contribution in [0.1, 0.15) is 25.7 Å². The molecule has 0 aliphatic carbocycles. The van der Waals surface area contributed by atoms with Crippen LogP contribution < -0.4 is 10.6 Å². The van der Waals surface area contributed by atoms with E-state index >= 15 is 0 Å². The lowest BCUT2D eigenvalue weighted by molar-refractivity contribution is 0.467. The van der Waals surface area contributed by atoms with Crippen molar-refractivity contribution in [3.05, 3.63) is 5.89 Å². The Balaban J connectivity index is 1.72. The van der Waals surface area contributed by atoms with Crippen molar-refractivity contribution in [3.63, 3.8) is 0 Å². The highest BCUT2D eigenvalue weighted by molar-refractivity contribution is 7.99. The summed E-state index contributed by atoms with van der Waals surface area (Å²) in [6.45, 7) is 4.55. The van der Waals surface area contributed by atoms with Gasteiger partial charge in [-0.3, -0.25) is 0 Å². The molecule has 6 heteroatoms. The van der Waals surface area contributed by atoms with E-state index in [1.165, 1.54) is 24.3 Å². The van der Waals surface area contributed by atoms with Crippen LogP contribution in [0.2, 0.25) is 0 Å². The van der Waals surface area contributed by atoms with Crippen molar-refractivity contribution in [1.29, 1.82) is 0 Å². The molecule has 0 unspecified atom stereocenters. The maximum absolute atomic E-state index is 5.48. The van der Waals surface area contributed by atoms with Gasteiger partial charge in [0.05, 0.1) is 6.54 Å². The molecular weight excluding hydrogens is 236 g/mol. The van der Waals surface area contributed by atoms with Crippen LogP contribution in [0.4, 0.5) is 6.01 Å². The molecule has 1 aromatic rings. The molecule has 0 bridgehead atoms. The summed E-state index contributed by atoms with van der Waals surface area (Å²) in [6.07, 6.45) is 2.58. The number of rotatable bonds is 6. The fourth-order valence-corrected chi connectivity index (χ4v) is 3.01. The predicted molar refractivity (Wildman–Crippen MR) is 70.2 cm³/mol. The van der Waals surface area contributed by atoms with E-state index in [1.54, 1.807) is 0 Å². The summed E-state index contributed by atoms with van der Waals surface area (Å²) >= 11 is 2.05. The first-order valence-electron chi connectivity index (χ1n) is 6.23. The van der Waals surface area contributed by atoms with Gasteiger partial charge in [-0.05, 0) is 36.8 Å². The van der Waals surface area contributed by atoms with Gasteiger partial charge in [-0.15, -0.1) is 5.10 Å². The van der Waals surface area contributed by atoms with E-state index in [0.717, 1.165) is 19.0 Å². The molecule has 0 radical (unpaired) electrons. The fourth-order valence-electron chi connectivity index (χ4n) is 1.81. The van der Waals surface area contributed by atoms with Gasteiger partial charge in [0, 0.05) is 6.54 Å². The normalized spacial score (nSPS) is 17.2. The zero-order chi connectivity index (χ0) is 11.9. The zero-order valence-electron chi connectivity index (χ0n) is 10.2. The Morgan fingerprint density at radius 1 is 1.35 bits per heavy atom. The first-order chi connectivity index (χ1) is 8.38. The largest absolute Gasteiger partial charge is 0.407 e. The lowest BCUT2D eigenvalue weighted by Gasteiger charge is -2.20. The van der Waals surface area contributed by atoms with Gasteiger partial charge in [-0.1, -0.05) is 12.0 Å². The van der Waals surface area contributed by atoms with Crippen molar-refractivity contribution in [2.24, 2.45) is 5.92 Å². The van der Waals surface area contributed by atoms with Gasteiger partial charge >= 0.3 is 6.01 Å². The number of hydrogen-bond acceptors (Lipinski definition) is 6. The molecule has 0 spiro atoms. The summed E-state index contributed by atoms with van der Waals surface area (Å²) in [4.78, 5) is 0. The topological polar surface area (TPSA) is 63.0 Å². The molecule has 2 N–H and O–H groups in total. The van der Waals surface area contributed by atoms with Crippen LogP contribution in [-0.2, 0) is 6.54 Å². The van der Waals surface area contributed by atoms with Gasteiger partial charge < -0.3 is 15.1 Å². The van der Waals surface area contributed by atoms with Gasteiger partial charge in [0.2, 0.25) is 5.89 Å². The van der Waals surface area contributed by atoms with Crippen LogP contribution in [0.25, 0.3) is 0 Å². The molecule has 5 nitrogen and oxygen atoms in total. The number of anilines is 1. The van der Waals surface area contributed by atoms with Crippen molar-refractivity contribution in [2.45, 2.75) is 26.3 Å². The van der Waals surface area contributed by atoms with Crippen molar-refractivity contribution >= 4 is 17.8 Å². The third-order valence-corrected chi connectivity index (χ3v) is 3.92. The van der Waals surface area contributed by atoms with Crippen LogP contribution >= 0.6 is 11.8 Å². The number of nitrogens with zero attached hydrogens (tertiary/aromatic N) is 2. The van der Waals surface area contributed by atoms with Gasteiger partial charge in [0.15, 0.2) is 0 Å².